The molecule has 0 radical (unpaired) electrons. The molecule has 0 atom stereocenters. The molecule has 1 aromatic heterocycles. The zero-order chi connectivity index (χ0) is 22.8. The number of nitrogens with zero attached hydrogens (tertiary/aromatic N) is 1. The lowest BCUT2D eigenvalue weighted by Gasteiger charge is -2.11. The molecular formula is C23H23NO6S. The molecule has 1 heterocycles. The van der Waals surface area contributed by atoms with Gasteiger partial charge >= 0.3 is 5.97 Å². The summed E-state index contributed by atoms with van der Waals surface area (Å²) in [5, 5.41) is -0.242. The van der Waals surface area contributed by atoms with E-state index in [2.05, 4.69) is 0 Å². The molecule has 0 bridgehead atoms. The quantitative estimate of drug-likeness (QED) is 0.410. The summed E-state index contributed by atoms with van der Waals surface area (Å²) in [7, 11) is -0.941. The molecule has 2 aromatic carbocycles. The van der Waals surface area contributed by atoms with Gasteiger partial charge in [-0.1, -0.05) is 35.9 Å². The van der Waals surface area contributed by atoms with Gasteiger partial charge in [0.25, 0.3) is 10.0 Å². The van der Waals surface area contributed by atoms with Crippen LogP contribution in [0, 0.1) is 13.8 Å². The number of aryl methyl sites for hydroxylation is 2. The number of ketones is 1. The van der Waals surface area contributed by atoms with E-state index in [4.69, 9.17) is 9.15 Å². The topological polar surface area (TPSA) is 93.9 Å². The van der Waals surface area contributed by atoms with Gasteiger partial charge in [-0.05, 0) is 43.7 Å². The fourth-order valence-corrected chi connectivity index (χ4v) is 3.77. The highest BCUT2D eigenvalue weighted by Crippen LogP contribution is 2.21. The zero-order valence-corrected chi connectivity index (χ0v) is 18.5. The third-order valence-corrected chi connectivity index (χ3v) is 6.44. The summed E-state index contributed by atoms with van der Waals surface area (Å²) in [6.07, 6.45) is 0. The SMILES string of the molecule is Cc1ccc(C)c(C(=O)c2ccccc2C(=O)OCc2ccc(S(=O)(=O)N(C)C)o2)c1. The van der Waals surface area contributed by atoms with Gasteiger partial charge in [-0.15, -0.1) is 0 Å². The van der Waals surface area contributed by atoms with E-state index in [-0.39, 0.29) is 34.4 Å². The molecule has 8 heteroatoms. The second-order valence-electron chi connectivity index (χ2n) is 7.28. The lowest BCUT2D eigenvalue weighted by atomic mass is 9.94. The lowest BCUT2D eigenvalue weighted by Crippen LogP contribution is -2.21. The van der Waals surface area contributed by atoms with E-state index in [9.17, 15) is 18.0 Å². The Balaban J connectivity index is 1.81. The smallest absolute Gasteiger partial charge is 0.339 e. The Kier molecular flexibility index (Phi) is 6.42. The first kappa shape index (κ1) is 22.5. The zero-order valence-electron chi connectivity index (χ0n) is 17.7. The minimum Gasteiger partial charge on any atom is -0.454 e. The van der Waals surface area contributed by atoms with Gasteiger partial charge in [0, 0.05) is 25.2 Å². The molecule has 0 aliphatic rings. The van der Waals surface area contributed by atoms with Gasteiger partial charge in [-0.2, -0.15) is 0 Å². The van der Waals surface area contributed by atoms with Crippen LogP contribution in [0.4, 0.5) is 0 Å². The van der Waals surface area contributed by atoms with E-state index < -0.39 is 16.0 Å². The first-order valence-corrected chi connectivity index (χ1v) is 10.9. The van der Waals surface area contributed by atoms with E-state index in [1.54, 1.807) is 24.3 Å². The van der Waals surface area contributed by atoms with Crippen molar-refractivity contribution in [3.63, 3.8) is 0 Å². The Hall–Kier alpha value is -3.23. The fraction of sp³-hybridized carbons (Fsp3) is 0.217. The van der Waals surface area contributed by atoms with Crippen LogP contribution in [0.3, 0.4) is 0 Å². The van der Waals surface area contributed by atoms with Crippen LogP contribution in [-0.4, -0.2) is 38.6 Å². The van der Waals surface area contributed by atoms with Crippen LogP contribution in [0.2, 0.25) is 0 Å². The van der Waals surface area contributed by atoms with E-state index >= 15 is 0 Å². The molecule has 3 aromatic rings. The number of esters is 1. The molecule has 0 fully saturated rings. The molecule has 7 nitrogen and oxygen atoms in total. The van der Waals surface area contributed by atoms with Gasteiger partial charge in [0.2, 0.25) is 5.09 Å². The summed E-state index contributed by atoms with van der Waals surface area (Å²) in [4.78, 5) is 25.8. The molecule has 0 spiro atoms. The van der Waals surface area contributed by atoms with Crippen LogP contribution >= 0.6 is 0 Å². The molecule has 0 aliphatic heterocycles. The van der Waals surface area contributed by atoms with Gasteiger partial charge < -0.3 is 9.15 Å². The number of hydrogen-bond acceptors (Lipinski definition) is 6. The van der Waals surface area contributed by atoms with Gasteiger partial charge in [-0.25, -0.2) is 17.5 Å². The summed E-state index contributed by atoms with van der Waals surface area (Å²) in [5.41, 5.74) is 2.63. The van der Waals surface area contributed by atoms with Crippen molar-refractivity contribution in [2.45, 2.75) is 25.5 Å². The van der Waals surface area contributed by atoms with Crippen molar-refractivity contribution in [3.8, 4) is 0 Å². The Bertz CT molecular complexity index is 1240. The number of ether oxygens (including phenoxy) is 1. The summed E-state index contributed by atoms with van der Waals surface area (Å²) in [6, 6.07) is 14.7. The van der Waals surface area contributed by atoms with Crippen LogP contribution in [0.5, 0.6) is 0 Å². The monoisotopic (exact) mass is 441 g/mol. The number of hydrogen-bond donors (Lipinski definition) is 0. The third kappa shape index (κ3) is 4.76. The summed E-state index contributed by atoms with van der Waals surface area (Å²) in [5.74, 6) is -0.805. The van der Waals surface area contributed by atoms with E-state index in [1.807, 2.05) is 26.0 Å². The first-order valence-electron chi connectivity index (χ1n) is 9.50. The van der Waals surface area contributed by atoms with Crippen LogP contribution in [-0.2, 0) is 21.4 Å². The number of carbonyl (C=O) groups is 2. The summed E-state index contributed by atoms with van der Waals surface area (Å²) >= 11 is 0. The lowest BCUT2D eigenvalue weighted by molar-refractivity contribution is 0.0438. The van der Waals surface area contributed by atoms with Crippen molar-refractivity contribution >= 4 is 21.8 Å². The highest BCUT2D eigenvalue weighted by molar-refractivity contribution is 7.88. The standard InChI is InChI=1S/C23H23NO6S/c1-15-9-10-16(2)20(13-15)22(25)18-7-5-6-8-19(18)23(26)29-14-17-11-12-21(30-17)31(27,28)24(3)4/h5-13H,14H2,1-4H3. The Morgan fingerprint density at radius 2 is 1.61 bits per heavy atom. The highest BCUT2D eigenvalue weighted by atomic mass is 32.2. The molecule has 0 saturated heterocycles. The second kappa shape index (κ2) is 8.87. The van der Waals surface area contributed by atoms with Gasteiger partial charge in [0.15, 0.2) is 5.78 Å². The predicted octanol–water partition coefficient (Wildman–Crippen LogP) is 3.73. The van der Waals surface area contributed by atoms with Crippen molar-refractivity contribution in [2.24, 2.45) is 0 Å². The highest BCUT2D eigenvalue weighted by Gasteiger charge is 2.23. The summed E-state index contributed by atoms with van der Waals surface area (Å²) < 4.78 is 35.8. The van der Waals surface area contributed by atoms with Crippen LogP contribution in [0.1, 0.15) is 43.2 Å². The van der Waals surface area contributed by atoms with Crippen LogP contribution < -0.4 is 0 Å². The second-order valence-corrected chi connectivity index (χ2v) is 9.36. The number of carbonyl (C=O) groups excluding carboxylic acids is 2. The molecule has 31 heavy (non-hydrogen) atoms. The number of rotatable bonds is 7. The maximum Gasteiger partial charge on any atom is 0.339 e. The first-order chi connectivity index (χ1) is 14.6. The van der Waals surface area contributed by atoms with Crippen molar-refractivity contribution in [1.82, 2.24) is 4.31 Å². The molecule has 0 N–H and O–H groups in total. The minimum absolute atomic E-state index is 0.126. The molecule has 0 amide bonds. The molecule has 162 valence electrons. The Labute approximate surface area is 181 Å². The average molecular weight is 442 g/mol. The third-order valence-electron chi connectivity index (χ3n) is 4.75. The van der Waals surface area contributed by atoms with Crippen molar-refractivity contribution in [1.29, 1.82) is 0 Å². The largest absolute Gasteiger partial charge is 0.454 e. The maximum absolute atomic E-state index is 13.1. The molecule has 0 unspecified atom stereocenters. The number of benzene rings is 2. The van der Waals surface area contributed by atoms with Gasteiger partial charge in [0.05, 0.1) is 5.56 Å². The average Bonchev–Trinajstić information content (AvgIpc) is 3.23. The molecule has 3 rings (SSSR count). The van der Waals surface area contributed by atoms with E-state index in [0.29, 0.717) is 5.56 Å². The molecule has 0 aliphatic carbocycles. The number of furan rings is 1. The van der Waals surface area contributed by atoms with Gasteiger partial charge in [-0.3, -0.25) is 4.79 Å². The fourth-order valence-electron chi connectivity index (χ4n) is 2.95. The van der Waals surface area contributed by atoms with Gasteiger partial charge in [0.1, 0.15) is 12.4 Å². The summed E-state index contributed by atoms with van der Waals surface area (Å²) in [6.45, 7) is 3.46. The molecular weight excluding hydrogens is 418 g/mol. The maximum atomic E-state index is 13.1. The predicted molar refractivity (Wildman–Crippen MR) is 114 cm³/mol. The minimum atomic E-state index is -3.72. The Morgan fingerprint density at radius 1 is 0.935 bits per heavy atom. The van der Waals surface area contributed by atoms with Crippen LogP contribution in [0.15, 0.2) is 64.1 Å². The van der Waals surface area contributed by atoms with E-state index in [0.717, 1.165) is 15.4 Å². The van der Waals surface area contributed by atoms with E-state index in [1.165, 1.54) is 32.3 Å². The van der Waals surface area contributed by atoms with Crippen molar-refractivity contribution in [2.75, 3.05) is 14.1 Å². The normalized spacial score (nSPS) is 11.5. The Morgan fingerprint density at radius 3 is 2.29 bits per heavy atom. The molecule has 0 saturated carbocycles. The number of sulfonamides is 1. The van der Waals surface area contributed by atoms with Crippen molar-refractivity contribution < 1.29 is 27.2 Å². The van der Waals surface area contributed by atoms with Crippen LogP contribution in [0.25, 0.3) is 0 Å². The van der Waals surface area contributed by atoms with Crippen molar-refractivity contribution in [3.05, 3.63) is 88.2 Å².